The molecule has 2 heterocycles. The molecule has 7 aromatic carbocycles. The first-order valence-corrected chi connectivity index (χ1v) is 24.8. The van der Waals surface area contributed by atoms with Gasteiger partial charge in [0.1, 0.15) is 48.8 Å². The van der Waals surface area contributed by atoms with Gasteiger partial charge in [0, 0.05) is 0 Å². The lowest BCUT2D eigenvalue weighted by molar-refractivity contribution is -0.381. The van der Waals surface area contributed by atoms with Crippen LogP contribution in [0.1, 0.15) is 38.9 Å². The van der Waals surface area contributed by atoms with Gasteiger partial charge in [0.05, 0.1) is 59.5 Å². The van der Waals surface area contributed by atoms with Gasteiger partial charge in [-0.3, -0.25) is 0 Å². The molecule has 1 N–H and O–H groups in total. The highest BCUT2D eigenvalue weighted by molar-refractivity contribution is 5.19. The lowest BCUT2D eigenvalue weighted by atomic mass is 9.96. The number of hydrogen-bond acceptors (Lipinski definition) is 11. The van der Waals surface area contributed by atoms with E-state index >= 15 is 0 Å². The Morgan fingerprint density at radius 1 is 0.292 bits per heavy atom. The van der Waals surface area contributed by atoms with Crippen LogP contribution in [0, 0.1) is 0 Å². The maximum atomic E-state index is 12.7. The molecule has 374 valence electrons. The summed E-state index contributed by atoms with van der Waals surface area (Å²) in [6, 6.07) is 69.5. The van der Waals surface area contributed by atoms with Gasteiger partial charge in [-0.05, 0) is 38.9 Å². The molecule has 0 aliphatic carbocycles. The van der Waals surface area contributed by atoms with Crippen molar-refractivity contribution in [3.05, 3.63) is 251 Å². The topological polar surface area (TPSA) is 113 Å². The van der Waals surface area contributed by atoms with Crippen molar-refractivity contribution in [1.29, 1.82) is 0 Å². The van der Waals surface area contributed by atoms with Gasteiger partial charge in [0.15, 0.2) is 12.6 Å². The first-order chi connectivity index (χ1) is 35.6. The Hall–Kier alpha value is -5.90. The second-order valence-electron chi connectivity index (χ2n) is 18.0. The standard InChI is InChI=1S/C61H64O11/c62-54-57(67-40-49-30-16-5-17-31-49)55(65-38-47-26-12-3-13-27-47)52(43-63-36-45-22-8-1-9-23-45)70-60(54)72-59-58(68-41-50-32-18-6-19-33-50)56(66-39-48-28-14-4-15-29-48)53(44-64-37-46-24-10-2-11-25-46)71-61(59)69-42-51-34-20-7-21-35-51/h1-35,52-62H,36-44H2/t52-,53-,54+,55-,56-,57-,58+,59+,60-,61+/m1/s1. The maximum absolute atomic E-state index is 12.7. The van der Waals surface area contributed by atoms with Gasteiger partial charge in [-0.15, -0.1) is 0 Å². The van der Waals surface area contributed by atoms with E-state index in [2.05, 4.69) is 0 Å². The maximum Gasteiger partial charge on any atom is 0.187 e. The fourth-order valence-corrected chi connectivity index (χ4v) is 8.92. The Bertz CT molecular complexity index is 2550. The fraction of sp³-hybridized carbons (Fsp3) is 0.311. The summed E-state index contributed by atoms with van der Waals surface area (Å²) in [6.07, 6.45) is -9.59. The molecular formula is C61H64O11. The van der Waals surface area contributed by atoms with E-state index in [1.54, 1.807) is 0 Å². The van der Waals surface area contributed by atoms with E-state index in [0.717, 1.165) is 38.9 Å². The summed E-state index contributed by atoms with van der Waals surface area (Å²) in [4.78, 5) is 0. The van der Waals surface area contributed by atoms with Crippen molar-refractivity contribution in [2.75, 3.05) is 13.2 Å². The van der Waals surface area contributed by atoms with Crippen LogP contribution >= 0.6 is 0 Å². The average molecular weight is 973 g/mol. The molecule has 0 aromatic heterocycles. The zero-order chi connectivity index (χ0) is 49.0. The van der Waals surface area contributed by atoms with Crippen LogP contribution in [0.15, 0.2) is 212 Å². The van der Waals surface area contributed by atoms with Gasteiger partial charge in [-0.1, -0.05) is 212 Å². The van der Waals surface area contributed by atoms with Crippen LogP contribution in [0.2, 0.25) is 0 Å². The molecule has 2 saturated heterocycles. The van der Waals surface area contributed by atoms with Crippen LogP contribution in [0.5, 0.6) is 0 Å². The largest absolute Gasteiger partial charge is 0.385 e. The minimum absolute atomic E-state index is 0.0960. The van der Waals surface area contributed by atoms with Crippen molar-refractivity contribution in [2.24, 2.45) is 0 Å². The molecule has 2 aliphatic heterocycles. The Kier molecular flexibility index (Phi) is 19.3. The van der Waals surface area contributed by atoms with Crippen molar-refractivity contribution in [2.45, 2.75) is 108 Å². The molecule has 0 amide bonds. The predicted octanol–water partition coefficient (Wildman–Crippen LogP) is 10.2. The molecule has 9 rings (SSSR count). The number of hydrogen-bond donors (Lipinski definition) is 1. The molecule has 0 radical (unpaired) electrons. The lowest BCUT2D eigenvalue weighted by Gasteiger charge is -2.49. The second-order valence-corrected chi connectivity index (χ2v) is 18.0. The van der Waals surface area contributed by atoms with E-state index in [9.17, 15) is 5.11 Å². The van der Waals surface area contributed by atoms with Gasteiger partial charge in [-0.2, -0.15) is 0 Å². The number of ether oxygens (including phenoxy) is 10. The monoisotopic (exact) mass is 972 g/mol. The molecule has 10 atom stereocenters. The molecule has 11 nitrogen and oxygen atoms in total. The first kappa shape index (κ1) is 51.0. The van der Waals surface area contributed by atoms with E-state index in [4.69, 9.17) is 47.4 Å². The highest BCUT2D eigenvalue weighted by Crippen LogP contribution is 2.36. The zero-order valence-electron chi connectivity index (χ0n) is 40.4. The van der Waals surface area contributed by atoms with E-state index < -0.39 is 61.4 Å². The van der Waals surface area contributed by atoms with E-state index in [1.165, 1.54) is 0 Å². The molecule has 11 heteroatoms. The van der Waals surface area contributed by atoms with Crippen LogP contribution in [0.25, 0.3) is 0 Å². The normalized spacial score (nSPS) is 24.2. The van der Waals surface area contributed by atoms with Gasteiger partial charge in [0.25, 0.3) is 0 Å². The zero-order valence-corrected chi connectivity index (χ0v) is 40.4. The predicted molar refractivity (Wildman–Crippen MR) is 272 cm³/mol. The van der Waals surface area contributed by atoms with Crippen LogP contribution in [-0.2, 0) is 93.6 Å². The second kappa shape index (κ2) is 27.2. The summed E-state index contributed by atoms with van der Waals surface area (Å²) < 4.78 is 68.1. The van der Waals surface area contributed by atoms with Crippen molar-refractivity contribution < 1.29 is 52.5 Å². The summed E-state index contributed by atoms with van der Waals surface area (Å²) >= 11 is 0. The summed E-state index contributed by atoms with van der Waals surface area (Å²) in [5, 5.41) is 12.7. The average Bonchev–Trinajstić information content (AvgIpc) is 3.44. The Balaban J connectivity index is 1.07. The van der Waals surface area contributed by atoms with Crippen molar-refractivity contribution >= 4 is 0 Å². The fourth-order valence-electron chi connectivity index (χ4n) is 8.92. The molecule has 0 spiro atoms. The summed E-state index contributed by atoms with van der Waals surface area (Å²) in [5.41, 5.74) is 6.74. The van der Waals surface area contributed by atoms with Gasteiger partial charge in [-0.25, -0.2) is 0 Å². The van der Waals surface area contributed by atoms with E-state index in [0.29, 0.717) is 13.2 Å². The molecule has 0 unspecified atom stereocenters. The minimum atomic E-state index is -1.37. The van der Waals surface area contributed by atoms with Crippen molar-refractivity contribution in [3.63, 3.8) is 0 Å². The molecule has 2 fully saturated rings. The number of rotatable bonds is 25. The van der Waals surface area contributed by atoms with Crippen LogP contribution in [0.4, 0.5) is 0 Å². The molecule has 0 bridgehead atoms. The summed E-state index contributed by atoms with van der Waals surface area (Å²) in [7, 11) is 0. The van der Waals surface area contributed by atoms with Gasteiger partial charge >= 0.3 is 0 Å². The van der Waals surface area contributed by atoms with Crippen LogP contribution in [-0.4, -0.2) is 79.7 Å². The minimum Gasteiger partial charge on any atom is -0.385 e. The SMILES string of the molecule is O[C@@H]1[C@@H](O[C@@H]2[C@@H](OCc3ccccc3)O[C@H](COCc3ccccc3)[C@@H](OCc3ccccc3)[C@@H]2OCc2ccccc2)O[C@H](COCc2ccccc2)[C@@H](OCc2ccccc2)[C@@H]1OCc1ccccc1. The van der Waals surface area contributed by atoms with E-state index in [1.807, 2.05) is 212 Å². The molecule has 2 aliphatic rings. The van der Waals surface area contributed by atoms with Crippen LogP contribution < -0.4 is 0 Å². The number of benzene rings is 7. The third-order valence-corrected chi connectivity index (χ3v) is 12.7. The highest BCUT2D eigenvalue weighted by Gasteiger charge is 2.54. The third kappa shape index (κ3) is 14.8. The Morgan fingerprint density at radius 3 is 0.931 bits per heavy atom. The third-order valence-electron chi connectivity index (χ3n) is 12.7. The summed E-state index contributed by atoms with van der Waals surface area (Å²) in [5.74, 6) is 0. The summed E-state index contributed by atoms with van der Waals surface area (Å²) in [6.45, 7) is 2.00. The van der Waals surface area contributed by atoms with Gasteiger partial charge < -0.3 is 52.5 Å². The molecule has 7 aromatic rings. The lowest BCUT2D eigenvalue weighted by Crippen LogP contribution is -2.66. The van der Waals surface area contributed by atoms with E-state index in [-0.39, 0.29) is 46.2 Å². The van der Waals surface area contributed by atoms with Crippen molar-refractivity contribution in [3.8, 4) is 0 Å². The smallest absolute Gasteiger partial charge is 0.187 e. The Labute approximate surface area is 423 Å². The molecular weight excluding hydrogens is 909 g/mol. The molecule has 0 saturated carbocycles. The van der Waals surface area contributed by atoms with Gasteiger partial charge in [0.2, 0.25) is 0 Å². The van der Waals surface area contributed by atoms with Crippen LogP contribution in [0.3, 0.4) is 0 Å². The molecule has 72 heavy (non-hydrogen) atoms. The van der Waals surface area contributed by atoms with Crippen molar-refractivity contribution in [1.82, 2.24) is 0 Å². The Morgan fingerprint density at radius 2 is 0.569 bits per heavy atom. The quantitative estimate of drug-likeness (QED) is 0.0591. The number of aliphatic hydroxyl groups excluding tert-OH is 1. The number of aliphatic hydroxyl groups is 1. The highest BCUT2D eigenvalue weighted by atomic mass is 16.8. The first-order valence-electron chi connectivity index (χ1n) is 24.8.